The fourth-order valence-electron chi connectivity index (χ4n) is 4.43. The molecule has 2 fully saturated rings. The Labute approximate surface area is 174 Å². The highest BCUT2D eigenvalue weighted by Crippen LogP contribution is 2.25. The predicted molar refractivity (Wildman–Crippen MR) is 112 cm³/mol. The Kier molecular flexibility index (Phi) is 5.72. The molecule has 1 N–H and O–H groups in total. The summed E-state index contributed by atoms with van der Waals surface area (Å²) in [6.07, 6.45) is 4.94. The van der Waals surface area contributed by atoms with Gasteiger partial charge < -0.3 is 14.8 Å². The number of aromatic amines is 1. The number of H-pyrrole nitrogens is 1. The zero-order valence-electron chi connectivity index (χ0n) is 17.2. The fourth-order valence-corrected chi connectivity index (χ4v) is 4.43. The van der Waals surface area contributed by atoms with Gasteiger partial charge in [-0.15, -0.1) is 0 Å². The van der Waals surface area contributed by atoms with Crippen LogP contribution >= 0.6 is 0 Å². The van der Waals surface area contributed by atoms with Crippen molar-refractivity contribution in [1.29, 1.82) is 0 Å². The molecule has 2 aromatic rings. The molecule has 2 aliphatic heterocycles. The molecule has 0 saturated carbocycles. The van der Waals surface area contributed by atoms with Crippen LogP contribution in [0.4, 0.5) is 5.69 Å². The quantitative estimate of drug-likeness (QED) is 0.612. The monoisotopic (exact) mass is 413 g/mol. The van der Waals surface area contributed by atoms with Gasteiger partial charge in [0.15, 0.2) is 0 Å². The Bertz CT molecular complexity index is 963. The molecule has 0 radical (unpaired) electrons. The summed E-state index contributed by atoms with van der Waals surface area (Å²) in [4.78, 5) is 45.2. The normalized spacial score (nSPS) is 20.5. The van der Waals surface area contributed by atoms with Crippen molar-refractivity contribution in [3.05, 3.63) is 40.1 Å². The van der Waals surface area contributed by atoms with Gasteiger partial charge in [-0.2, -0.15) is 0 Å². The number of carbonyl (C=O) groups excluding carboxylic acids is 2. The largest absolute Gasteiger partial charge is 0.360 e. The van der Waals surface area contributed by atoms with Gasteiger partial charge in [-0.3, -0.25) is 24.6 Å². The van der Waals surface area contributed by atoms with Crippen LogP contribution in [0, 0.1) is 10.1 Å². The van der Waals surface area contributed by atoms with Gasteiger partial charge in [-0.25, -0.2) is 0 Å². The molecule has 1 aromatic carbocycles. The number of non-ortho nitro benzene ring substituents is 1. The number of amides is 2. The van der Waals surface area contributed by atoms with Crippen molar-refractivity contribution in [2.24, 2.45) is 0 Å². The van der Waals surface area contributed by atoms with E-state index in [-0.39, 0.29) is 17.5 Å². The Morgan fingerprint density at radius 2 is 1.93 bits per heavy atom. The van der Waals surface area contributed by atoms with Crippen LogP contribution < -0.4 is 0 Å². The molecule has 0 bridgehead atoms. The molecular weight excluding hydrogens is 386 g/mol. The first-order valence-corrected chi connectivity index (χ1v) is 10.5. The second-order valence-corrected chi connectivity index (χ2v) is 8.19. The maximum absolute atomic E-state index is 13.0. The van der Waals surface area contributed by atoms with E-state index >= 15 is 0 Å². The smallest absolute Gasteiger partial charge is 0.270 e. The molecule has 9 heteroatoms. The first-order valence-electron chi connectivity index (χ1n) is 10.5. The zero-order valence-corrected chi connectivity index (χ0v) is 17.2. The van der Waals surface area contributed by atoms with Gasteiger partial charge in [0, 0.05) is 68.0 Å². The van der Waals surface area contributed by atoms with Crippen LogP contribution in [0.25, 0.3) is 10.9 Å². The number of nitro groups is 1. The van der Waals surface area contributed by atoms with Crippen molar-refractivity contribution in [2.45, 2.75) is 32.2 Å². The standard InChI is InChI=1S/C21H27N5O4/c1-15-4-2-3-7-25(15)20(27)14-23-8-10-24(11-9-23)21(28)18-13-22-19-6-5-16(26(29)30)12-17(18)19/h5-6,12-13,15,22H,2-4,7-11,14H2,1H3. The summed E-state index contributed by atoms with van der Waals surface area (Å²) in [6, 6.07) is 4.79. The maximum Gasteiger partial charge on any atom is 0.270 e. The predicted octanol–water partition coefficient (Wildman–Crippen LogP) is 2.23. The summed E-state index contributed by atoms with van der Waals surface area (Å²) >= 11 is 0. The van der Waals surface area contributed by atoms with Crippen LogP contribution in [0.3, 0.4) is 0 Å². The van der Waals surface area contributed by atoms with E-state index in [0.717, 1.165) is 19.4 Å². The maximum atomic E-state index is 13.0. The van der Waals surface area contributed by atoms with Crippen molar-refractivity contribution in [2.75, 3.05) is 39.3 Å². The van der Waals surface area contributed by atoms with Crippen LogP contribution in [0.2, 0.25) is 0 Å². The van der Waals surface area contributed by atoms with Crippen LogP contribution in [0.5, 0.6) is 0 Å². The first-order chi connectivity index (χ1) is 14.4. The third-order valence-corrected chi connectivity index (χ3v) is 6.25. The van der Waals surface area contributed by atoms with Gasteiger partial charge in [0.1, 0.15) is 0 Å². The molecule has 2 aliphatic rings. The van der Waals surface area contributed by atoms with Crippen molar-refractivity contribution in [3.63, 3.8) is 0 Å². The van der Waals surface area contributed by atoms with E-state index in [9.17, 15) is 19.7 Å². The number of likely N-dealkylation sites (tertiary alicyclic amines) is 1. The molecule has 2 amide bonds. The van der Waals surface area contributed by atoms with Gasteiger partial charge in [0.25, 0.3) is 11.6 Å². The molecule has 0 spiro atoms. The number of nitrogens with one attached hydrogen (secondary N) is 1. The Morgan fingerprint density at radius 1 is 1.17 bits per heavy atom. The lowest BCUT2D eigenvalue weighted by molar-refractivity contribution is -0.384. The number of nitro benzene ring substituents is 1. The molecule has 9 nitrogen and oxygen atoms in total. The minimum absolute atomic E-state index is 0.0357. The number of carbonyl (C=O) groups is 2. The number of piperidine rings is 1. The molecule has 2 saturated heterocycles. The Morgan fingerprint density at radius 3 is 2.63 bits per heavy atom. The number of hydrogen-bond acceptors (Lipinski definition) is 5. The topological polar surface area (TPSA) is 103 Å². The molecular formula is C21H27N5O4. The summed E-state index contributed by atoms with van der Waals surface area (Å²) < 4.78 is 0. The summed E-state index contributed by atoms with van der Waals surface area (Å²) in [5, 5.41) is 11.6. The van der Waals surface area contributed by atoms with Gasteiger partial charge in [0.2, 0.25) is 5.91 Å². The highest BCUT2D eigenvalue weighted by molar-refractivity contribution is 6.07. The van der Waals surface area contributed by atoms with Gasteiger partial charge in [0.05, 0.1) is 17.0 Å². The molecule has 30 heavy (non-hydrogen) atoms. The lowest BCUT2D eigenvalue weighted by Gasteiger charge is -2.38. The minimum atomic E-state index is -0.459. The van der Waals surface area contributed by atoms with E-state index in [1.807, 2.05) is 4.90 Å². The summed E-state index contributed by atoms with van der Waals surface area (Å²) in [5.74, 6) is 0.0308. The van der Waals surface area contributed by atoms with Crippen molar-refractivity contribution in [1.82, 2.24) is 19.7 Å². The van der Waals surface area contributed by atoms with E-state index in [1.165, 1.54) is 18.6 Å². The zero-order chi connectivity index (χ0) is 21.3. The fraction of sp³-hybridized carbons (Fsp3) is 0.524. The molecule has 1 atom stereocenters. The average molecular weight is 413 g/mol. The number of piperazine rings is 1. The summed E-state index contributed by atoms with van der Waals surface area (Å²) in [7, 11) is 0. The van der Waals surface area contributed by atoms with Crippen LogP contribution in [-0.4, -0.2) is 81.7 Å². The van der Waals surface area contributed by atoms with Gasteiger partial charge in [-0.1, -0.05) is 0 Å². The number of aromatic nitrogens is 1. The highest BCUT2D eigenvalue weighted by atomic mass is 16.6. The lowest BCUT2D eigenvalue weighted by atomic mass is 10.0. The Balaban J connectivity index is 1.38. The lowest BCUT2D eigenvalue weighted by Crippen LogP contribution is -2.53. The minimum Gasteiger partial charge on any atom is -0.360 e. The molecule has 4 rings (SSSR count). The third-order valence-electron chi connectivity index (χ3n) is 6.25. The molecule has 0 aliphatic carbocycles. The number of nitrogens with zero attached hydrogens (tertiary/aromatic N) is 4. The summed E-state index contributed by atoms with van der Waals surface area (Å²) in [6.45, 7) is 5.69. The third kappa shape index (κ3) is 4.02. The average Bonchev–Trinajstić information content (AvgIpc) is 3.17. The highest BCUT2D eigenvalue weighted by Gasteiger charge is 2.28. The second-order valence-electron chi connectivity index (χ2n) is 8.19. The SMILES string of the molecule is CC1CCCCN1C(=O)CN1CCN(C(=O)c2c[nH]c3ccc([N+](=O)[O-])cc23)CC1. The number of hydrogen-bond donors (Lipinski definition) is 1. The number of fused-ring (bicyclic) bond motifs is 1. The van der Waals surface area contributed by atoms with Crippen molar-refractivity contribution >= 4 is 28.4 Å². The first kappa shape index (κ1) is 20.3. The molecule has 1 aromatic heterocycles. The van der Waals surface area contributed by atoms with Gasteiger partial charge in [-0.05, 0) is 32.3 Å². The van der Waals surface area contributed by atoms with E-state index in [2.05, 4.69) is 16.8 Å². The van der Waals surface area contributed by atoms with E-state index < -0.39 is 4.92 Å². The van der Waals surface area contributed by atoms with Crippen molar-refractivity contribution in [3.8, 4) is 0 Å². The molecule has 3 heterocycles. The Hall–Kier alpha value is -2.94. The van der Waals surface area contributed by atoms with Gasteiger partial charge >= 0.3 is 0 Å². The van der Waals surface area contributed by atoms with E-state index in [0.29, 0.717) is 55.2 Å². The van der Waals surface area contributed by atoms with E-state index in [1.54, 1.807) is 17.2 Å². The molecule has 1 unspecified atom stereocenters. The summed E-state index contributed by atoms with van der Waals surface area (Å²) in [5.41, 5.74) is 1.11. The number of benzene rings is 1. The van der Waals surface area contributed by atoms with Crippen LogP contribution in [-0.2, 0) is 4.79 Å². The van der Waals surface area contributed by atoms with E-state index in [4.69, 9.17) is 0 Å². The van der Waals surface area contributed by atoms with Crippen LogP contribution in [0.1, 0.15) is 36.5 Å². The molecule has 160 valence electrons. The second kappa shape index (κ2) is 8.43. The van der Waals surface area contributed by atoms with Crippen LogP contribution in [0.15, 0.2) is 24.4 Å². The van der Waals surface area contributed by atoms with Crippen molar-refractivity contribution < 1.29 is 14.5 Å². The number of rotatable bonds is 4.